The highest BCUT2D eigenvalue weighted by Crippen LogP contribution is 2.47. The zero-order chi connectivity index (χ0) is 54.0. The monoisotopic (exact) mass is 1210 g/mol. The van der Waals surface area contributed by atoms with E-state index in [-0.39, 0.29) is 52.5 Å². The van der Waals surface area contributed by atoms with Gasteiger partial charge in [0.05, 0.1) is 32.8 Å². The molecule has 0 amide bonds. The van der Waals surface area contributed by atoms with Gasteiger partial charge in [-0.1, -0.05) is 234 Å². The molecule has 12 rings (SSSR count). The van der Waals surface area contributed by atoms with Gasteiger partial charge in [-0.2, -0.15) is 20.4 Å². The van der Waals surface area contributed by atoms with Crippen molar-refractivity contribution in [2.24, 2.45) is 14.1 Å². The van der Waals surface area contributed by atoms with E-state index in [0.717, 1.165) is 76.5 Å². The van der Waals surface area contributed by atoms with Crippen LogP contribution in [0.1, 0.15) is 68.7 Å². The minimum Gasteiger partial charge on any atom is -0.295 e. The summed E-state index contributed by atoms with van der Waals surface area (Å²) in [5.41, 5.74) is 10.0. The largest absolute Gasteiger partial charge is 0.295 e. The number of ketones is 1. The molecule has 0 spiro atoms. The van der Waals surface area contributed by atoms with Gasteiger partial charge in [0, 0.05) is 65.3 Å². The van der Waals surface area contributed by atoms with E-state index in [1.54, 1.807) is 27.7 Å². The number of carbonyl (C=O) groups is 1. The van der Waals surface area contributed by atoms with Gasteiger partial charge in [0.2, 0.25) is 0 Å². The Hall–Kier alpha value is -9.11. The molecule has 82 heavy (non-hydrogen) atoms. The van der Waals surface area contributed by atoms with Crippen molar-refractivity contribution in [2.45, 2.75) is 47.2 Å². The smallest absolute Gasteiger partial charge is 0.285 e. The SMILES string of the molecule is C.C.C.C.C=CC(=O)Cc1cc2c(cc1Br)c(-c1cnn(C)c1)nn2C(c1ccccc1)(c1ccccc1)c1ccccc1.Cn1cc(-c2nn(C(c3ccccc3)(c3ccccc3)c3ccccc3)c3cc([N+](=O)[O-])c(Br)cc23)cn1. The van der Waals surface area contributed by atoms with Gasteiger partial charge in [-0.3, -0.25) is 24.3 Å². The van der Waals surface area contributed by atoms with Crippen molar-refractivity contribution < 1.29 is 9.72 Å². The van der Waals surface area contributed by atoms with Crippen LogP contribution in [-0.4, -0.2) is 49.8 Å². The zero-order valence-electron chi connectivity index (χ0n) is 42.4. The molecule has 12 nitrogen and oxygen atoms in total. The van der Waals surface area contributed by atoms with Crippen LogP contribution in [0.4, 0.5) is 5.69 Å². The van der Waals surface area contributed by atoms with Gasteiger partial charge in [-0.25, -0.2) is 9.36 Å². The average molecular weight is 1220 g/mol. The number of carbonyl (C=O) groups excluding carboxylic acids is 1. The average Bonchev–Trinajstić information content (AvgIpc) is 3.13. The first-order chi connectivity index (χ1) is 38.0. The first-order valence-electron chi connectivity index (χ1n) is 25.1. The van der Waals surface area contributed by atoms with Gasteiger partial charge in [0.15, 0.2) is 5.78 Å². The summed E-state index contributed by atoms with van der Waals surface area (Å²) in [7, 11) is 3.76. The zero-order valence-corrected chi connectivity index (χ0v) is 45.6. The van der Waals surface area contributed by atoms with E-state index in [4.69, 9.17) is 10.2 Å². The molecule has 0 aliphatic heterocycles. The number of benzene rings is 8. The van der Waals surface area contributed by atoms with Crippen LogP contribution in [0, 0.1) is 10.1 Å². The normalized spacial score (nSPS) is 11.0. The third kappa shape index (κ3) is 10.8. The van der Waals surface area contributed by atoms with Crippen LogP contribution in [-0.2, 0) is 36.4 Å². The molecule has 0 atom stereocenters. The molecule has 12 aromatic rings. The van der Waals surface area contributed by atoms with Gasteiger partial charge < -0.3 is 0 Å². The lowest BCUT2D eigenvalue weighted by Gasteiger charge is -2.37. The third-order valence-corrected chi connectivity index (χ3v) is 15.5. The topological polar surface area (TPSA) is 131 Å². The number of hydrogen-bond donors (Lipinski definition) is 0. The summed E-state index contributed by atoms with van der Waals surface area (Å²) in [5, 5.41) is 33.2. The Morgan fingerprint density at radius 1 is 0.524 bits per heavy atom. The predicted octanol–water partition coefficient (Wildman–Crippen LogP) is 16.8. The number of aromatic nitrogens is 8. The van der Waals surface area contributed by atoms with Gasteiger partial charge in [-0.05, 0) is 79.1 Å². The molecule has 0 aliphatic rings. The molecule has 414 valence electrons. The number of rotatable bonds is 14. The Balaban J connectivity index is 0.000000225. The molecule has 0 N–H and O–H groups in total. The second-order valence-corrected chi connectivity index (χ2v) is 20.5. The first kappa shape index (κ1) is 60.5. The maximum atomic E-state index is 12.5. The number of nitro groups is 1. The lowest BCUT2D eigenvalue weighted by molar-refractivity contribution is -0.385. The molecule has 0 bridgehead atoms. The van der Waals surface area contributed by atoms with E-state index in [2.05, 4.69) is 175 Å². The van der Waals surface area contributed by atoms with Crippen LogP contribution in [0.5, 0.6) is 0 Å². The molecule has 0 saturated heterocycles. The fourth-order valence-corrected chi connectivity index (χ4v) is 11.6. The Bertz CT molecular complexity index is 3930. The van der Waals surface area contributed by atoms with Crippen molar-refractivity contribution in [3.63, 3.8) is 0 Å². The highest BCUT2D eigenvalue weighted by atomic mass is 79.9. The molecule has 0 saturated carbocycles. The summed E-state index contributed by atoms with van der Waals surface area (Å²) in [6, 6.07) is 69.3. The Labute approximate surface area is 496 Å². The molecular weight excluding hydrogens is 1150 g/mol. The molecule has 0 aliphatic carbocycles. The standard InChI is InChI=1S/C34H27BrN4O.C30H22BrN5O2.4CH4/c1-3-29(40)19-24-20-32-30(21-31(24)35)33(25-22-36-38(2)23-25)37-39(32)34(26-13-7-4-8-14-26,27-15-9-5-10-16-27)28-17-11-6-12-18-28;1-34-20-21(19-32-34)29-25-17-26(31)28(36(37)38)18-27(25)35(33-29)30(22-11-5-2-6-12-22,23-13-7-3-8-14-23)24-15-9-4-10-16-24;;;;/h3-18,20-23H,1,19H2,2H3;2-20H,1H3;4*1H4. The van der Waals surface area contributed by atoms with Crippen molar-refractivity contribution >= 4 is 65.1 Å². The molecular formula is C68H65Br2N9O3. The number of halogens is 2. The Morgan fingerprint density at radius 2 is 0.841 bits per heavy atom. The highest BCUT2D eigenvalue weighted by molar-refractivity contribution is 9.11. The lowest BCUT2D eigenvalue weighted by Crippen LogP contribution is -2.38. The van der Waals surface area contributed by atoms with Gasteiger partial charge in [0.25, 0.3) is 5.69 Å². The number of hydrogen-bond acceptors (Lipinski definition) is 7. The summed E-state index contributed by atoms with van der Waals surface area (Å²) in [4.78, 5) is 24.1. The van der Waals surface area contributed by atoms with E-state index in [1.165, 1.54) is 6.08 Å². The van der Waals surface area contributed by atoms with Crippen molar-refractivity contribution in [3.8, 4) is 22.5 Å². The van der Waals surface area contributed by atoms with Gasteiger partial charge in [0.1, 0.15) is 22.5 Å². The Morgan fingerprint density at radius 3 is 1.13 bits per heavy atom. The van der Waals surface area contributed by atoms with Crippen molar-refractivity contribution in [1.82, 2.24) is 39.1 Å². The van der Waals surface area contributed by atoms with Crippen LogP contribution >= 0.6 is 31.9 Å². The quantitative estimate of drug-likeness (QED) is 0.0458. The van der Waals surface area contributed by atoms with Crippen molar-refractivity contribution in [3.05, 3.63) is 302 Å². The second-order valence-electron chi connectivity index (χ2n) is 18.8. The number of allylic oxidation sites excluding steroid dienone is 1. The van der Waals surface area contributed by atoms with Crippen molar-refractivity contribution in [2.75, 3.05) is 0 Å². The van der Waals surface area contributed by atoms with Crippen molar-refractivity contribution in [1.29, 1.82) is 0 Å². The summed E-state index contributed by atoms with van der Waals surface area (Å²) < 4.78 is 8.81. The van der Waals surface area contributed by atoms with E-state index in [0.29, 0.717) is 15.7 Å². The molecule has 4 aromatic heterocycles. The summed E-state index contributed by atoms with van der Waals surface area (Å²) >= 11 is 7.16. The summed E-state index contributed by atoms with van der Waals surface area (Å²) in [5.74, 6) is -0.0426. The van der Waals surface area contributed by atoms with Crippen LogP contribution in [0.15, 0.2) is 253 Å². The van der Waals surface area contributed by atoms with Crippen LogP contribution in [0.3, 0.4) is 0 Å². The van der Waals surface area contributed by atoms with Gasteiger partial charge in [-0.15, -0.1) is 0 Å². The maximum Gasteiger partial charge on any atom is 0.285 e. The molecule has 0 unspecified atom stereocenters. The molecule has 0 radical (unpaired) electrons. The van der Waals surface area contributed by atoms with Gasteiger partial charge >= 0.3 is 0 Å². The minimum atomic E-state index is -0.926. The maximum absolute atomic E-state index is 12.5. The number of nitrogens with zero attached hydrogens (tertiary/aromatic N) is 9. The van der Waals surface area contributed by atoms with E-state index in [1.807, 2.05) is 110 Å². The molecule has 0 fully saturated rings. The van der Waals surface area contributed by atoms with E-state index in [9.17, 15) is 14.9 Å². The van der Waals surface area contributed by atoms with E-state index >= 15 is 0 Å². The number of nitro benzene ring substituents is 1. The third-order valence-electron chi connectivity index (χ3n) is 14.1. The highest BCUT2D eigenvalue weighted by Gasteiger charge is 2.43. The molecule has 14 heteroatoms. The molecule has 8 aromatic carbocycles. The summed E-state index contributed by atoms with van der Waals surface area (Å²) in [6.07, 6.45) is 9.09. The summed E-state index contributed by atoms with van der Waals surface area (Å²) in [6.45, 7) is 3.68. The first-order valence-corrected chi connectivity index (χ1v) is 26.7. The Kier molecular flexibility index (Phi) is 18.9. The fraction of sp³-hybridized carbons (Fsp3) is 0.132. The number of aryl methyl sites for hydroxylation is 2. The minimum absolute atomic E-state index is 0. The van der Waals surface area contributed by atoms with Crippen LogP contribution in [0.2, 0.25) is 0 Å². The lowest BCUT2D eigenvalue weighted by atomic mass is 9.77. The van der Waals surface area contributed by atoms with Crippen LogP contribution < -0.4 is 0 Å². The predicted molar refractivity (Wildman–Crippen MR) is 341 cm³/mol. The fourth-order valence-electron chi connectivity index (χ4n) is 10.7. The molecule has 4 heterocycles. The van der Waals surface area contributed by atoms with E-state index < -0.39 is 11.1 Å². The van der Waals surface area contributed by atoms with Crippen LogP contribution in [0.25, 0.3) is 44.3 Å². The number of fused-ring (bicyclic) bond motifs is 2. The second kappa shape index (κ2) is 25.6.